The lowest BCUT2D eigenvalue weighted by atomic mass is 9.88. The maximum absolute atomic E-state index is 12.9. The van der Waals surface area contributed by atoms with Gasteiger partial charge in [-0.3, -0.25) is 4.79 Å². The van der Waals surface area contributed by atoms with Crippen LogP contribution in [-0.2, 0) is 10.2 Å². The van der Waals surface area contributed by atoms with Gasteiger partial charge in [0.2, 0.25) is 5.91 Å². The summed E-state index contributed by atoms with van der Waals surface area (Å²) in [5.74, 6) is 3.07. The SMILES string of the molecule is CC(C)(C)c1cc(NC(=O)C2CC3CCC2C3)n(-c2ccccn2)n1. The van der Waals surface area contributed by atoms with Crippen molar-refractivity contribution in [1.82, 2.24) is 14.8 Å². The molecule has 0 aromatic carbocycles. The van der Waals surface area contributed by atoms with E-state index in [9.17, 15) is 4.79 Å². The lowest BCUT2D eigenvalue weighted by molar-refractivity contribution is -0.121. The van der Waals surface area contributed by atoms with Gasteiger partial charge in [0.05, 0.1) is 5.69 Å². The Bertz CT molecular complexity index is 775. The van der Waals surface area contributed by atoms with Crippen LogP contribution in [0.3, 0.4) is 0 Å². The fraction of sp³-hybridized carbons (Fsp3) is 0.550. The molecule has 0 radical (unpaired) electrons. The molecule has 2 saturated carbocycles. The number of amides is 1. The summed E-state index contributed by atoms with van der Waals surface area (Å²) in [4.78, 5) is 17.3. The maximum Gasteiger partial charge on any atom is 0.228 e. The van der Waals surface area contributed by atoms with Gasteiger partial charge in [-0.25, -0.2) is 4.98 Å². The molecule has 2 aromatic heterocycles. The van der Waals surface area contributed by atoms with Crippen LogP contribution in [0.25, 0.3) is 5.82 Å². The number of fused-ring (bicyclic) bond motifs is 2. The first-order valence-corrected chi connectivity index (χ1v) is 9.24. The lowest BCUT2D eigenvalue weighted by Gasteiger charge is -2.20. The van der Waals surface area contributed by atoms with Gasteiger partial charge in [-0.15, -0.1) is 0 Å². The summed E-state index contributed by atoms with van der Waals surface area (Å²) in [6, 6.07) is 7.71. The quantitative estimate of drug-likeness (QED) is 0.922. The van der Waals surface area contributed by atoms with Gasteiger partial charge in [-0.2, -0.15) is 9.78 Å². The molecule has 3 atom stereocenters. The number of pyridine rings is 1. The van der Waals surface area contributed by atoms with E-state index < -0.39 is 0 Å². The number of nitrogens with zero attached hydrogens (tertiary/aromatic N) is 3. The Morgan fingerprint density at radius 1 is 1.24 bits per heavy atom. The van der Waals surface area contributed by atoms with E-state index in [1.54, 1.807) is 10.9 Å². The van der Waals surface area contributed by atoms with Crippen molar-refractivity contribution in [1.29, 1.82) is 0 Å². The standard InChI is InChI=1S/C20H26N4O/c1-20(2,3)16-12-18(24(23-16)17-6-4-5-9-21-17)22-19(25)15-11-13-7-8-14(15)10-13/h4-6,9,12-15H,7-8,10-11H2,1-3H3,(H,22,25). The highest BCUT2D eigenvalue weighted by atomic mass is 16.2. The van der Waals surface area contributed by atoms with Crippen molar-refractivity contribution in [3.63, 3.8) is 0 Å². The van der Waals surface area contributed by atoms with Gasteiger partial charge in [0, 0.05) is 23.6 Å². The first kappa shape index (κ1) is 16.3. The number of rotatable bonds is 3. The van der Waals surface area contributed by atoms with Crippen molar-refractivity contribution < 1.29 is 4.79 Å². The average molecular weight is 338 g/mol. The Labute approximate surface area is 148 Å². The molecule has 2 heterocycles. The van der Waals surface area contributed by atoms with Gasteiger partial charge in [0.25, 0.3) is 0 Å². The number of carbonyl (C=O) groups is 1. The molecule has 1 amide bonds. The number of anilines is 1. The topological polar surface area (TPSA) is 59.8 Å². The van der Waals surface area contributed by atoms with Crippen LogP contribution in [0.2, 0.25) is 0 Å². The monoisotopic (exact) mass is 338 g/mol. The van der Waals surface area contributed by atoms with Crippen molar-refractivity contribution in [2.45, 2.75) is 51.9 Å². The van der Waals surface area contributed by atoms with E-state index in [-0.39, 0.29) is 17.2 Å². The van der Waals surface area contributed by atoms with Crippen LogP contribution in [0.1, 0.15) is 52.1 Å². The van der Waals surface area contributed by atoms with Gasteiger partial charge in [-0.1, -0.05) is 33.3 Å². The van der Waals surface area contributed by atoms with Crippen molar-refractivity contribution in [2.75, 3.05) is 5.32 Å². The van der Waals surface area contributed by atoms with Crippen molar-refractivity contribution in [3.05, 3.63) is 36.2 Å². The zero-order valence-electron chi connectivity index (χ0n) is 15.2. The molecular formula is C20H26N4O. The fourth-order valence-corrected chi connectivity index (χ4v) is 4.28. The number of hydrogen-bond donors (Lipinski definition) is 1. The van der Waals surface area contributed by atoms with Gasteiger partial charge < -0.3 is 5.32 Å². The van der Waals surface area contributed by atoms with Gasteiger partial charge in [0.15, 0.2) is 5.82 Å². The molecule has 5 nitrogen and oxygen atoms in total. The summed E-state index contributed by atoms with van der Waals surface area (Å²) in [6.45, 7) is 6.37. The van der Waals surface area contributed by atoms with Gasteiger partial charge in [0.1, 0.15) is 5.82 Å². The zero-order valence-corrected chi connectivity index (χ0v) is 15.2. The largest absolute Gasteiger partial charge is 0.310 e. The molecule has 5 heteroatoms. The second-order valence-corrected chi connectivity index (χ2v) is 8.54. The van der Waals surface area contributed by atoms with E-state index in [1.165, 1.54) is 19.3 Å². The third kappa shape index (κ3) is 3.08. The fourth-order valence-electron chi connectivity index (χ4n) is 4.28. The molecule has 2 aromatic rings. The van der Waals surface area contributed by atoms with E-state index in [1.807, 2.05) is 24.3 Å². The summed E-state index contributed by atoms with van der Waals surface area (Å²) in [6.07, 6.45) is 6.52. The minimum atomic E-state index is -0.0913. The molecule has 25 heavy (non-hydrogen) atoms. The molecule has 2 aliphatic carbocycles. The first-order chi connectivity index (χ1) is 11.9. The van der Waals surface area contributed by atoms with Crippen molar-refractivity contribution in [3.8, 4) is 5.82 Å². The Kier molecular flexibility index (Phi) is 3.89. The normalized spacial score (nSPS) is 25.3. The number of aromatic nitrogens is 3. The van der Waals surface area contributed by atoms with Crippen LogP contribution in [0.15, 0.2) is 30.5 Å². The van der Waals surface area contributed by atoms with Crippen LogP contribution >= 0.6 is 0 Å². The van der Waals surface area contributed by atoms with Crippen molar-refractivity contribution >= 4 is 11.7 Å². The van der Waals surface area contributed by atoms with Gasteiger partial charge in [-0.05, 0) is 43.2 Å². The highest BCUT2D eigenvalue weighted by molar-refractivity contribution is 5.92. The predicted molar refractivity (Wildman–Crippen MR) is 97.6 cm³/mol. The lowest BCUT2D eigenvalue weighted by Crippen LogP contribution is -2.28. The second-order valence-electron chi connectivity index (χ2n) is 8.54. The van der Waals surface area contributed by atoms with Crippen LogP contribution < -0.4 is 5.32 Å². The van der Waals surface area contributed by atoms with Crippen LogP contribution in [0.5, 0.6) is 0 Å². The average Bonchev–Trinajstić information content (AvgIpc) is 3.30. The maximum atomic E-state index is 12.9. The number of nitrogens with one attached hydrogen (secondary N) is 1. The molecule has 3 unspecified atom stereocenters. The molecule has 1 N–H and O–H groups in total. The Hall–Kier alpha value is -2.17. The summed E-state index contributed by atoms with van der Waals surface area (Å²) in [5, 5.41) is 7.87. The highest BCUT2D eigenvalue weighted by Crippen LogP contribution is 2.48. The van der Waals surface area contributed by atoms with Crippen LogP contribution in [0.4, 0.5) is 5.82 Å². The molecule has 0 spiro atoms. The molecule has 2 aliphatic rings. The predicted octanol–water partition coefficient (Wildman–Crippen LogP) is 3.94. The summed E-state index contributed by atoms with van der Waals surface area (Å²) >= 11 is 0. The van der Waals surface area contributed by atoms with Crippen molar-refractivity contribution in [2.24, 2.45) is 17.8 Å². The summed E-state index contributed by atoms with van der Waals surface area (Å²) < 4.78 is 1.76. The second kappa shape index (κ2) is 5.97. The zero-order chi connectivity index (χ0) is 17.6. The Morgan fingerprint density at radius 2 is 2.08 bits per heavy atom. The van der Waals surface area contributed by atoms with Crippen LogP contribution in [0, 0.1) is 17.8 Å². The van der Waals surface area contributed by atoms with E-state index in [4.69, 9.17) is 5.10 Å². The van der Waals surface area contributed by atoms with E-state index in [2.05, 4.69) is 31.1 Å². The van der Waals surface area contributed by atoms with E-state index >= 15 is 0 Å². The first-order valence-electron chi connectivity index (χ1n) is 9.24. The third-order valence-corrected chi connectivity index (χ3v) is 5.67. The third-order valence-electron chi connectivity index (χ3n) is 5.67. The number of carbonyl (C=O) groups excluding carboxylic acids is 1. The Morgan fingerprint density at radius 3 is 2.68 bits per heavy atom. The summed E-state index contributed by atoms with van der Waals surface area (Å²) in [5.41, 5.74) is 0.854. The molecular weight excluding hydrogens is 312 g/mol. The molecule has 0 saturated heterocycles. The molecule has 132 valence electrons. The molecule has 0 aliphatic heterocycles. The molecule has 2 fully saturated rings. The number of hydrogen-bond acceptors (Lipinski definition) is 3. The summed E-state index contributed by atoms with van der Waals surface area (Å²) in [7, 11) is 0. The smallest absolute Gasteiger partial charge is 0.228 e. The molecule has 2 bridgehead atoms. The molecule has 4 rings (SSSR count). The van der Waals surface area contributed by atoms with E-state index in [0.29, 0.717) is 5.92 Å². The Balaban J connectivity index is 1.63. The minimum Gasteiger partial charge on any atom is -0.310 e. The van der Waals surface area contributed by atoms with E-state index in [0.717, 1.165) is 29.7 Å². The highest BCUT2D eigenvalue weighted by Gasteiger charge is 2.43. The minimum absolute atomic E-state index is 0.0913. The van der Waals surface area contributed by atoms with Gasteiger partial charge >= 0.3 is 0 Å². The van der Waals surface area contributed by atoms with Crippen LogP contribution in [-0.4, -0.2) is 20.7 Å².